The number of carbonyl (C=O) groups is 1. The molecule has 1 amide bonds. The molecule has 0 atom stereocenters. The molecule has 0 radical (unpaired) electrons. The second-order valence-corrected chi connectivity index (χ2v) is 4.93. The van der Waals surface area contributed by atoms with Crippen LogP contribution in [0, 0.1) is 0 Å². The zero-order chi connectivity index (χ0) is 14.7. The fourth-order valence-electron chi connectivity index (χ4n) is 2.50. The molecule has 2 heterocycles. The van der Waals surface area contributed by atoms with Gasteiger partial charge in [0, 0.05) is 38.6 Å². The number of benzene rings is 1. The smallest absolute Gasteiger partial charge is 0.274 e. The van der Waals surface area contributed by atoms with Gasteiger partial charge >= 0.3 is 0 Å². The molecule has 0 aliphatic carbocycles. The summed E-state index contributed by atoms with van der Waals surface area (Å²) in [5.41, 5.74) is 8.19. The van der Waals surface area contributed by atoms with E-state index in [1.54, 1.807) is 11.1 Å². The molecule has 0 bridgehead atoms. The summed E-state index contributed by atoms with van der Waals surface area (Å²) < 4.78 is 0. The minimum absolute atomic E-state index is 0.0659. The SMILES string of the molecule is Nc1ccccc1N1CCN(C(=O)c2cnccn2)CC1. The minimum atomic E-state index is -0.0659. The summed E-state index contributed by atoms with van der Waals surface area (Å²) >= 11 is 0. The third kappa shape index (κ3) is 2.79. The molecule has 21 heavy (non-hydrogen) atoms. The molecule has 1 aromatic heterocycles. The lowest BCUT2D eigenvalue weighted by Gasteiger charge is -2.36. The highest BCUT2D eigenvalue weighted by Crippen LogP contribution is 2.23. The summed E-state index contributed by atoms with van der Waals surface area (Å²) in [7, 11) is 0. The van der Waals surface area contributed by atoms with Gasteiger partial charge in [0.2, 0.25) is 0 Å². The summed E-state index contributed by atoms with van der Waals surface area (Å²) in [5, 5.41) is 0. The van der Waals surface area contributed by atoms with E-state index < -0.39 is 0 Å². The van der Waals surface area contributed by atoms with Crippen molar-refractivity contribution in [3.63, 3.8) is 0 Å². The molecule has 1 saturated heterocycles. The van der Waals surface area contributed by atoms with E-state index >= 15 is 0 Å². The first-order valence-corrected chi connectivity index (χ1v) is 6.90. The van der Waals surface area contributed by atoms with Crippen LogP contribution in [0.5, 0.6) is 0 Å². The molecule has 108 valence electrons. The number of hydrogen-bond donors (Lipinski definition) is 1. The van der Waals surface area contributed by atoms with Crippen molar-refractivity contribution < 1.29 is 4.79 Å². The summed E-state index contributed by atoms with van der Waals surface area (Å²) in [5.74, 6) is -0.0659. The van der Waals surface area contributed by atoms with E-state index in [1.807, 2.05) is 24.3 Å². The molecule has 2 N–H and O–H groups in total. The Morgan fingerprint density at radius 2 is 1.86 bits per heavy atom. The molecule has 1 aliphatic heterocycles. The number of nitrogen functional groups attached to an aromatic ring is 1. The zero-order valence-corrected chi connectivity index (χ0v) is 11.6. The number of anilines is 2. The summed E-state index contributed by atoms with van der Waals surface area (Å²) in [6, 6.07) is 7.80. The van der Waals surface area contributed by atoms with Crippen LogP contribution < -0.4 is 10.6 Å². The van der Waals surface area contributed by atoms with E-state index in [-0.39, 0.29) is 5.91 Å². The van der Waals surface area contributed by atoms with Gasteiger partial charge in [0.25, 0.3) is 5.91 Å². The van der Waals surface area contributed by atoms with Gasteiger partial charge in [-0.3, -0.25) is 9.78 Å². The van der Waals surface area contributed by atoms with Gasteiger partial charge in [-0.25, -0.2) is 4.98 Å². The molecule has 1 fully saturated rings. The van der Waals surface area contributed by atoms with Crippen LogP contribution in [0.4, 0.5) is 11.4 Å². The van der Waals surface area contributed by atoms with Crippen LogP contribution in [-0.2, 0) is 0 Å². The van der Waals surface area contributed by atoms with E-state index in [0.717, 1.165) is 24.5 Å². The van der Waals surface area contributed by atoms with Gasteiger partial charge < -0.3 is 15.5 Å². The van der Waals surface area contributed by atoms with Crippen LogP contribution in [0.15, 0.2) is 42.9 Å². The lowest BCUT2D eigenvalue weighted by molar-refractivity contribution is 0.0740. The van der Waals surface area contributed by atoms with E-state index in [0.29, 0.717) is 18.8 Å². The monoisotopic (exact) mass is 283 g/mol. The highest BCUT2D eigenvalue weighted by molar-refractivity contribution is 5.92. The first kappa shape index (κ1) is 13.4. The summed E-state index contributed by atoms with van der Waals surface area (Å²) in [4.78, 5) is 24.3. The lowest BCUT2D eigenvalue weighted by Crippen LogP contribution is -2.49. The molecule has 0 saturated carbocycles. The number of nitrogens with zero attached hydrogens (tertiary/aromatic N) is 4. The second kappa shape index (κ2) is 5.78. The highest BCUT2D eigenvalue weighted by atomic mass is 16.2. The predicted molar refractivity (Wildman–Crippen MR) is 81.0 cm³/mol. The lowest BCUT2D eigenvalue weighted by atomic mass is 10.2. The molecule has 1 aromatic carbocycles. The fourth-order valence-corrected chi connectivity index (χ4v) is 2.50. The van der Waals surface area contributed by atoms with Gasteiger partial charge in [-0.15, -0.1) is 0 Å². The van der Waals surface area contributed by atoms with Crippen molar-refractivity contribution in [2.75, 3.05) is 36.8 Å². The number of aromatic nitrogens is 2. The summed E-state index contributed by atoms with van der Waals surface area (Å²) in [6.45, 7) is 2.84. The Hall–Kier alpha value is -2.63. The number of piperazine rings is 1. The van der Waals surface area contributed by atoms with Crippen molar-refractivity contribution >= 4 is 17.3 Å². The fraction of sp³-hybridized carbons (Fsp3) is 0.267. The van der Waals surface area contributed by atoms with Crippen molar-refractivity contribution in [1.82, 2.24) is 14.9 Å². The van der Waals surface area contributed by atoms with Crippen molar-refractivity contribution in [3.8, 4) is 0 Å². The van der Waals surface area contributed by atoms with Crippen molar-refractivity contribution in [2.45, 2.75) is 0 Å². The van der Waals surface area contributed by atoms with E-state index in [9.17, 15) is 4.79 Å². The Morgan fingerprint density at radius 3 is 2.52 bits per heavy atom. The van der Waals surface area contributed by atoms with Crippen molar-refractivity contribution in [3.05, 3.63) is 48.5 Å². The Morgan fingerprint density at radius 1 is 1.10 bits per heavy atom. The molecule has 6 nitrogen and oxygen atoms in total. The standard InChI is InChI=1S/C15H17N5O/c16-12-3-1-2-4-14(12)19-7-9-20(10-8-19)15(21)13-11-17-5-6-18-13/h1-6,11H,7-10,16H2. The van der Waals surface area contributed by atoms with Crippen LogP contribution in [0.2, 0.25) is 0 Å². The predicted octanol–water partition coefficient (Wildman–Crippen LogP) is 1.02. The minimum Gasteiger partial charge on any atom is -0.397 e. The van der Waals surface area contributed by atoms with Gasteiger partial charge in [-0.05, 0) is 12.1 Å². The Labute approximate surface area is 123 Å². The van der Waals surface area contributed by atoms with Crippen LogP contribution in [0.1, 0.15) is 10.5 Å². The first-order valence-electron chi connectivity index (χ1n) is 6.90. The van der Waals surface area contributed by atoms with Crippen molar-refractivity contribution in [2.24, 2.45) is 0 Å². The number of hydrogen-bond acceptors (Lipinski definition) is 5. The molecule has 6 heteroatoms. The highest BCUT2D eigenvalue weighted by Gasteiger charge is 2.23. The molecule has 0 unspecified atom stereocenters. The second-order valence-electron chi connectivity index (χ2n) is 4.93. The quantitative estimate of drug-likeness (QED) is 0.833. The van der Waals surface area contributed by atoms with Gasteiger partial charge in [0.05, 0.1) is 17.6 Å². The maximum absolute atomic E-state index is 12.3. The van der Waals surface area contributed by atoms with Gasteiger partial charge in [-0.1, -0.05) is 12.1 Å². The average Bonchev–Trinajstić information content (AvgIpc) is 2.56. The van der Waals surface area contributed by atoms with Crippen LogP contribution in [0.3, 0.4) is 0 Å². The van der Waals surface area contributed by atoms with E-state index in [2.05, 4.69) is 14.9 Å². The summed E-state index contributed by atoms with van der Waals surface area (Å²) in [6.07, 6.45) is 4.60. The number of rotatable bonds is 2. The maximum atomic E-state index is 12.3. The van der Waals surface area contributed by atoms with Gasteiger partial charge in [-0.2, -0.15) is 0 Å². The third-order valence-electron chi connectivity index (χ3n) is 3.63. The molecule has 2 aromatic rings. The van der Waals surface area contributed by atoms with E-state index in [4.69, 9.17) is 5.73 Å². The Bertz CT molecular complexity index is 623. The number of nitrogens with two attached hydrogens (primary N) is 1. The Balaban J connectivity index is 1.66. The van der Waals surface area contributed by atoms with Crippen LogP contribution in [0.25, 0.3) is 0 Å². The number of amides is 1. The number of para-hydroxylation sites is 2. The van der Waals surface area contributed by atoms with Crippen LogP contribution in [-0.4, -0.2) is 47.0 Å². The molecule has 0 spiro atoms. The van der Waals surface area contributed by atoms with E-state index in [1.165, 1.54) is 12.4 Å². The molecule has 3 rings (SSSR count). The Kier molecular flexibility index (Phi) is 3.68. The average molecular weight is 283 g/mol. The molecular formula is C15H17N5O. The topological polar surface area (TPSA) is 75.3 Å². The van der Waals surface area contributed by atoms with Gasteiger partial charge in [0.15, 0.2) is 0 Å². The van der Waals surface area contributed by atoms with Crippen LogP contribution >= 0.6 is 0 Å². The molecule has 1 aliphatic rings. The first-order chi connectivity index (χ1) is 10.3. The van der Waals surface area contributed by atoms with Gasteiger partial charge in [0.1, 0.15) is 5.69 Å². The van der Waals surface area contributed by atoms with Crippen molar-refractivity contribution in [1.29, 1.82) is 0 Å². The largest absolute Gasteiger partial charge is 0.397 e. The third-order valence-corrected chi connectivity index (χ3v) is 3.63. The maximum Gasteiger partial charge on any atom is 0.274 e. The zero-order valence-electron chi connectivity index (χ0n) is 11.6. The normalized spacial score (nSPS) is 15.0. The molecular weight excluding hydrogens is 266 g/mol. The number of carbonyl (C=O) groups excluding carboxylic acids is 1.